The predicted molar refractivity (Wildman–Crippen MR) is 126 cm³/mol. The molecule has 0 aliphatic heterocycles. The summed E-state index contributed by atoms with van der Waals surface area (Å²) in [6.07, 6.45) is 1.55. The minimum atomic E-state index is -0.256. The molecule has 0 aliphatic rings. The topological polar surface area (TPSA) is 93.8 Å². The maximum atomic E-state index is 13.2. The Bertz CT molecular complexity index is 1580. The van der Waals surface area contributed by atoms with Gasteiger partial charge in [0.15, 0.2) is 5.16 Å². The first kappa shape index (κ1) is 20.8. The van der Waals surface area contributed by atoms with Crippen LogP contribution in [0, 0.1) is 0 Å². The van der Waals surface area contributed by atoms with Crippen LogP contribution in [0.3, 0.4) is 0 Å². The largest absolute Gasteiger partial charge is 0.467 e. The molecule has 0 fully saturated rings. The van der Waals surface area contributed by atoms with E-state index in [0.29, 0.717) is 48.6 Å². The Morgan fingerprint density at radius 2 is 1.69 bits per heavy atom. The maximum Gasteiger partial charge on any atom is 0.262 e. The summed E-state index contributed by atoms with van der Waals surface area (Å²) in [6, 6.07) is 13.4. The number of H-pyrrole nitrogens is 1. The van der Waals surface area contributed by atoms with Gasteiger partial charge in [-0.2, -0.15) is 0 Å². The Balaban J connectivity index is 1.56. The summed E-state index contributed by atoms with van der Waals surface area (Å²) in [5.41, 5.74) is 0.529. The quantitative estimate of drug-likeness (QED) is 0.282. The van der Waals surface area contributed by atoms with Crippen LogP contribution in [0.2, 0.25) is 10.0 Å². The molecule has 5 rings (SSSR count). The minimum Gasteiger partial charge on any atom is -0.467 e. The molecule has 7 nitrogen and oxygen atoms in total. The Kier molecular flexibility index (Phi) is 5.50. The van der Waals surface area contributed by atoms with Crippen LogP contribution in [0.25, 0.3) is 21.8 Å². The summed E-state index contributed by atoms with van der Waals surface area (Å²) in [5, 5.41) is 2.35. The number of aromatic amines is 1. The number of fused-ring (bicyclic) bond motifs is 2. The van der Waals surface area contributed by atoms with Crippen LogP contribution >= 0.6 is 35.0 Å². The molecular formula is C22H14Cl2N4O3S. The second kappa shape index (κ2) is 8.46. The average molecular weight is 485 g/mol. The van der Waals surface area contributed by atoms with Crippen molar-refractivity contribution in [2.75, 3.05) is 0 Å². The lowest BCUT2D eigenvalue weighted by Crippen LogP contribution is -2.24. The number of furan rings is 1. The zero-order chi connectivity index (χ0) is 22.2. The van der Waals surface area contributed by atoms with Crippen LogP contribution < -0.4 is 11.1 Å². The molecule has 0 spiro atoms. The minimum absolute atomic E-state index is 0.211. The molecule has 0 radical (unpaired) electrons. The van der Waals surface area contributed by atoms with E-state index in [4.69, 9.17) is 27.6 Å². The van der Waals surface area contributed by atoms with Crippen LogP contribution in [0.4, 0.5) is 0 Å². The lowest BCUT2D eigenvalue weighted by molar-refractivity contribution is 0.476. The number of aromatic nitrogens is 4. The van der Waals surface area contributed by atoms with Gasteiger partial charge in [0.05, 0.1) is 40.4 Å². The zero-order valence-corrected chi connectivity index (χ0v) is 18.7. The second-order valence-electron chi connectivity index (χ2n) is 6.99. The summed E-state index contributed by atoms with van der Waals surface area (Å²) in [5.74, 6) is 1.35. The van der Waals surface area contributed by atoms with Crippen molar-refractivity contribution in [3.8, 4) is 0 Å². The lowest BCUT2D eigenvalue weighted by atomic mass is 10.2. The molecular weight excluding hydrogens is 471 g/mol. The monoisotopic (exact) mass is 484 g/mol. The molecule has 3 heterocycles. The molecule has 0 aliphatic carbocycles. The summed E-state index contributed by atoms with van der Waals surface area (Å²) < 4.78 is 6.96. The van der Waals surface area contributed by atoms with Crippen molar-refractivity contribution in [3.05, 3.63) is 97.1 Å². The first-order chi connectivity index (χ1) is 15.5. The maximum absolute atomic E-state index is 13.2. The van der Waals surface area contributed by atoms with Crippen molar-refractivity contribution in [1.82, 2.24) is 19.5 Å². The molecule has 1 N–H and O–H groups in total. The number of nitrogens with zero attached hydrogens (tertiary/aromatic N) is 3. The Morgan fingerprint density at radius 1 is 0.969 bits per heavy atom. The van der Waals surface area contributed by atoms with Crippen molar-refractivity contribution in [2.24, 2.45) is 0 Å². The number of hydrogen-bond acceptors (Lipinski definition) is 6. The van der Waals surface area contributed by atoms with Crippen LogP contribution in [0.15, 0.2) is 74.0 Å². The highest BCUT2D eigenvalue weighted by atomic mass is 35.5. The molecule has 5 aromatic rings. The van der Waals surface area contributed by atoms with Gasteiger partial charge >= 0.3 is 0 Å². The lowest BCUT2D eigenvalue weighted by Gasteiger charge is -2.12. The molecule has 160 valence electrons. The Morgan fingerprint density at radius 3 is 2.41 bits per heavy atom. The van der Waals surface area contributed by atoms with E-state index in [2.05, 4.69) is 15.0 Å². The molecule has 3 aromatic heterocycles. The van der Waals surface area contributed by atoms with E-state index in [1.165, 1.54) is 16.3 Å². The van der Waals surface area contributed by atoms with E-state index < -0.39 is 0 Å². The van der Waals surface area contributed by atoms with Crippen molar-refractivity contribution in [3.63, 3.8) is 0 Å². The van der Waals surface area contributed by atoms with Gasteiger partial charge in [0.2, 0.25) is 0 Å². The van der Waals surface area contributed by atoms with E-state index in [1.807, 2.05) is 0 Å². The smallest absolute Gasteiger partial charge is 0.262 e. The van der Waals surface area contributed by atoms with Crippen LogP contribution in [-0.2, 0) is 12.3 Å². The highest BCUT2D eigenvalue weighted by molar-refractivity contribution is 7.98. The standard InChI is InChI=1S/C22H14Cl2N4O3S/c23-12-3-5-15-17(8-12)25-19(27-20(15)29)11-32-22-26-18-9-13(24)4-6-16(18)21(30)28(22)10-14-2-1-7-31-14/h1-9H,10-11H2,(H,25,27,29). The molecule has 0 unspecified atom stereocenters. The highest BCUT2D eigenvalue weighted by Gasteiger charge is 2.15. The molecule has 32 heavy (non-hydrogen) atoms. The third-order valence-electron chi connectivity index (χ3n) is 4.83. The first-order valence-electron chi connectivity index (χ1n) is 9.52. The number of benzene rings is 2. The van der Waals surface area contributed by atoms with Gasteiger partial charge in [-0.3, -0.25) is 14.2 Å². The second-order valence-corrected chi connectivity index (χ2v) is 8.80. The van der Waals surface area contributed by atoms with Gasteiger partial charge < -0.3 is 9.40 Å². The van der Waals surface area contributed by atoms with E-state index in [-0.39, 0.29) is 23.4 Å². The fourth-order valence-corrected chi connectivity index (χ4v) is 4.55. The van der Waals surface area contributed by atoms with Crippen molar-refractivity contribution >= 4 is 56.8 Å². The molecule has 0 atom stereocenters. The Labute approximate surface area is 195 Å². The molecule has 10 heteroatoms. The fraction of sp³-hybridized carbons (Fsp3) is 0.0909. The van der Waals surface area contributed by atoms with Gasteiger partial charge in [0.25, 0.3) is 11.1 Å². The number of halogens is 2. The van der Waals surface area contributed by atoms with Gasteiger partial charge in [-0.25, -0.2) is 9.97 Å². The van der Waals surface area contributed by atoms with Crippen LogP contribution in [0.1, 0.15) is 11.6 Å². The van der Waals surface area contributed by atoms with Crippen LogP contribution in [0.5, 0.6) is 0 Å². The summed E-state index contributed by atoms with van der Waals surface area (Å²) >= 11 is 13.4. The van der Waals surface area contributed by atoms with Gasteiger partial charge in [-0.05, 0) is 48.5 Å². The van der Waals surface area contributed by atoms with Crippen LogP contribution in [-0.4, -0.2) is 19.5 Å². The molecule has 0 bridgehead atoms. The number of thioether (sulfide) groups is 1. The third-order valence-corrected chi connectivity index (χ3v) is 6.29. The third kappa shape index (κ3) is 4.04. The molecule has 0 amide bonds. The number of rotatable bonds is 5. The van der Waals surface area contributed by atoms with Gasteiger partial charge in [0.1, 0.15) is 11.6 Å². The van der Waals surface area contributed by atoms with Crippen molar-refractivity contribution in [2.45, 2.75) is 17.5 Å². The number of hydrogen-bond donors (Lipinski definition) is 1. The first-order valence-corrected chi connectivity index (χ1v) is 11.3. The number of nitrogens with one attached hydrogen (secondary N) is 1. The van der Waals surface area contributed by atoms with Crippen molar-refractivity contribution < 1.29 is 4.42 Å². The van der Waals surface area contributed by atoms with E-state index in [1.54, 1.807) is 54.8 Å². The summed E-state index contributed by atoms with van der Waals surface area (Å²) in [4.78, 5) is 37.6. The van der Waals surface area contributed by atoms with Gasteiger partial charge in [0, 0.05) is 10.0 Å². The van der Waals surface area contributed by atoms with Gasteiger partial charge in [-0.15, -0.1) is 0 Å². The molecule has 0 saturated carbocycles. The molecule has 0 saturated heterocycles. The van der Waals surface area contributed by atoms with Gasteiger partial charge in [-0.1, -0.05) is 35.0 Å². The zero-order valence-electron chi connectivity index (χ0n) is 16.3. The SMILES string of the molecule is O=c1[nH]c(CSc2nc3cc(Cl)ccc3c(=O)n2Cc2ccco2)nc2cc(Cl)ccc12. The van der Waals surface area contributed by atoms with E-state index in [0.717, 1.165) is 0 Å². The van der Waals surface area contributed by atoms with Crippen molar-refractivity contribution in [1.29, 1.82) is 0 Å². The van der Waals surface area contributed by atoms with E-state index in [9.17, 15) is 9.59 Å². The Hall–Kier alpha value is -3.07. The normalized spacial score (nSPS) is 11.4. The average Bonchev–Trinajstić information content (AvgIpc) is 3.27. The van der Waals surface area contributed by atoms with E-state index >= 15 is 0 Å². The highest BCUT2D eigenvalue weighted by Crippen LogP contribution is 2.24. The predicted octanol–water partition coefficient (Wildman–Crippen LogP) is 4.87. The fourth-order valence-electron chi connectivity index (χ4n) is 3.34. The summed E-state index contributed by atoms with van der Waals surface area (Å²) in [6.45, 7) is 0.219. The summed E-state index contributed by atoms with van der Waals surface area (Å²) in [7, 11) is 0. The molecule has 2 aromatic carbocycles.